The number of rotatable bonds is 5. The number of carbonyl (C=O) groups is 1. The number of esters is 1. The lowest BCUT2D eigenvalue weighted by Gasteiger charge is -2.46. The average molecular weight is 429 g/mol. The molecule has 164 valence electrons. The van der Waals surface area contributed by atoms with E-state index >= 15 is 0 Å². The zero-order valence-electron chi connectivity index (χ0n) is 18.4. The van der Waals surface area contributed by atoms with Gasteiger partial charge in [-0.25, -0.2) is 4.79 Å². The first-order valence-corrected chi connectivity index (χ1v) is 11.2. The summed E-state index contributed by atoms with van der Waals surface area (Å²) in [6.07, 6.45) is 2.08. The summed E-state index contributed by atoms with van der Waals surface area (Å²) in [7, 11) is 1.43. The van der Waals surface area contributed by atoms with E-state index in [0.717, 1.165) is 50.5 Å². The SMILES string of the molecule is COC(=O)c1ccc2c(c1)CCC1CN(Cc3ccccc3Oc3ccccc3)CCN21. The fourth-order valence-electron chi connectivity index (χ4n) is 4.85. The van der Waals surface area contributed by atoms with E-state index in [9.17, 15) is 4.79 Å². The van der Waals surface area contributed by atoms with Crippen molar-refractivity contribution in [2.45, 2.75) is 25.4 Å². The summed E-state index contributed by atoms with van der Waals surface area (Å²) in [5.74, 6) is 1.52. The van der Waals surface area contributed by atoms with Gasteiger partial charge < -0.3 is 14.4 Å². The summed E-state index contributed by atoms with van der Waals surface area (Å²) in [4.78, 5) is 16.9. The largest absolute Gasteiger partial charge is 0.465 e. The maximum absolute atomic E-state index is 11.9. The van der Waals surface area contributed by atoms with Crippen LogP contribution in [0.4, 0.5) is 5.69 Å². The molecule has 3 aromatic rings. The van der Waals surface area contributed by atoms with Crippen LogP contribution in [0.1, 0.15) is 27.9 Å². The standard InChI is InChI=1S/C27H28N2O3/c1-31-27(30)21-12-14-25-20(17-21)11-13-23-19-28(15-16-29(23)25)18-22-7-5-6-10-26(22)32-24-8-3-2-4-9-24/h2-10,12,14,17,23H,11,13,15-16,18-19H2,1H3. The van der Waals surface area contributed by atoms with Gasteiger partial charge in [0.15, 0.2) is 0 Å². The number of hydrogen-bond acceptors (Lipinski definition) is 5. The van der Waals surface area contributed by atoms with Crippen molar-refractivity contribution >= 4 is 11.7 Å². The van der Waals surface area contributed by atoms with E-state index < -0.39 is 0 Å². The Labute approximate surface area is 189 Å². The van der Waals surface area contributed by atoms with Crippen LogP contribution in [0.15, 0.2) is 72.8 Å². The summed E-state index contributed by atoms with van der Waals surface area (Å²) in [6, 6.07) is 24.7. The highest BCUT2D eigenvalue weighted by Gasteiger charge is 2.32. The molecule has 5 heteroatoms. The van der Waals surface area contributed by atoms with E-state index in [1.165, 1.54) is 23.9 Å². The molecule has 0 bridgehead atoms. The van der Waals surface area contributed by atoms with Crippen LogP contribution < -0.4 is 9.64 Å². The predicted molar refractivity (Wildman–Crippen MR) is 125 cm³/mol. The predicted octanol–water partition coefficient (Wildman–Crippen LogP) is 4.90. The van der Waals surface area contributed by atoms with Crippen molar-refractivity contribution in [3.8, 4) is 11.5 Å². The summed E-state index contributed by atoms with van der Waals surface area (Å²) in [5.41, 5.74) is 4.36. The molecule has 1 fully saturated rings. The number of ether oxygens (including phenoxy) is 2. The Bertz CT molecular complexity index is 1100. The van der Waals surface area contributed by atoms with Gasteiger partial charge in [-0.1, -0.05) is 36.4 Å². The Morgan fingerprint density at radius 2 is 1.81 bits per heavy atom. The molecule has 2 heterocycles. The number of carbonyl (C=O) groups excluding carboxylic acids is 1. The monoisotopic (exact) mass is 428 g/mol. The Balaban J connectivity index is 1.28. The molecule has 1 saturated heterocycles. The fourth-order valence-corrected chi connectivity index (χ4v) is 4.85. The summed E-state index contributed by atoms with van der Waals surface area (Å²) in [6.45, 7) is 3.88. The minimum atomic E-state index is -0.267. The Morgan fingerprint density at radius 3 is 2.66 bits per heavy atom. The van der Waals surface area contributed by atoms with E-state index in [1.807, 2.05) is 54.6 Å². The molecule has 5 nitrogen and oxygen atoms in total. The highest BCUT2D eigenvalue weighted by atomic mass is 16.5. The zero-order valence-corrected chi connectivity index (χ0v) is 18.4. The lowest BCUT2D eigenvalue weighted by Crippen LogP contribution is -2.54. The normalized spacial score (nSPS) is 17.9. The zero-order chi connectivity index (χ0) is 21.9. The van der Waals surface area contributed by atoms with Gasteiger partial charge in [0.1, 0.15) is 11.5 Å². The third kappa shape index (κ3) is 4.21. The van der Waals surface area contributed by atoms with E-state index in [1.54, 1.807) is 0 Å². The molecule has 1 unspecified atom stereocenters. The van der Waals surface area contributed by atoms with E-state index in [4.69, 9.17) is 9.47 Å². The summed E-state index contributed by atoms with van der Waals surface area (Å²) >= 11 is 0. The maximum atomic E-state index is 11.9. The molecule has 0 radical (unpaired) electrons. The van der Waals surface area contributed by atoms with Gasteiger partial charge in [-0.3, -0.25) is 4.90 Å². The van der Waals surface area contributed by atoms with Crippen molar-refractivity contribution in [3.63, 3.8) is 0 Å². The highest BCUT2D eigenvalue weighted by Crippen LogP contribution is 2.34. The number of anilines is 1. The molecular weight excluding hydrogens is 400 g/mol. The van der Waals surface area contributed by atoms with Gasteiger partial charge >= 0.3 is 5.97 Å². The van der Waals surface area contributed by atoms with Crippen molar-refractivity contribution in [1.29, 1.82) is 0 Å². The fraction of sp³-hybridized carbons (Fsp3) is 0.296. The number of methoxy groups -OCH3 is 1. The number of nitrogens with zero attached hydrogens (tertiary/aromatic N) is 2. The molecule has 1 atom stereocenters. The second-order valence-corrected chi connectivity index (χ2v) is 8.48. The molecule has 2 aliphatic rings. The number of aryl methyl sites for hydroxylation is 1. The van der Waals surface area contributed by atoms with Crippen LogP contribution in [0.3, 0.4) is 0 Å². The molecule has 0 amide bonds. The summed E-state index contributed by atoms with van der Waals surface area (Å²) < 4.78 is 11.1. The maximum Gasteiger partial charge on any atom is 0.337 e. The van der Waals surface area contributed by atoms with Crippen molar-refractivity contribution in [3.05, 3.63) is 89.5 Å². The number of fused-ring (bicyclic) bond motifs is 3. The van der Waals surface area contributed by atoms with E-state index in [0.29, 0.717) is 11.6 Å². The van der Waals surface area contributed by atoms with Crippen molar-refractivity contribution in [1.82, 2.24) is 4.90 Å². The van der Waals surface area contributed by atoms with Gasteiger partial charge in [0.05, 0.1) is 12.7 Å². The van der Waals surface area contributed by atoms with E-state index in [-0.39, 0.29) is 5.97 Å². The molecular formula is C27H28N2O3. The Hall–Kier alpha value is -3.31. The molecule has 0 spiro atoms. The third-order valence-corrected chi connectivity index (χ3v) is 6.46. The van der Waals surface area contributed by atoms with Crippen LogP contribution in [-0.4, -0.2) is 43.7 Å². The Kier molecular flexibility index (Phi) is 5.82. The first kappa shape index (κ1) is 20.6. The molecule has 32 heavy (non-hydrogen) atoms. The second-order valence-electron chi connectivity index (χ2n) is 8.48. The van der Waals surface area contributed by atoms with Crippen LogP contribution >= 0.6 is 0 Å². The van der Waals surface area contributed by atoms with Gasteiger partial charge in [0.25, 0.3) is 0 Å². The number of para-hydroxylation sites is 2. The van der Waals surface area contributed by atoms with E-state index in [2.05, 4.69) is 28.0 Å². The van der Waals surface area contributed by atoms with Crippen molar-refractivity contribution in [2.24, 2.45) is 0 Å². The minimum absolute atomic E-state index is 0.267. The van der Waals surface area contributed by atoms with Crippen LogP contribution in [-0.2, 0) is 17.7 Å². The number of benzene rings is 3. The number of piperazine rings is 1. The Morgan fingerprint density at radius 1 is 1.00 bits per heavy atom. The number of hydrogen-bond donors (Lipinski definition) is 0. The molecule has 5 rings (SSSR count). The van der Waals surface area contributed by atoms with Gasteiger partial charge in [-0.05, 0) is 54.8 Å². The quantitative estimate of drug-likeness (QED) is 0.541. The molecule has 0 aliphatic carbocycles. The lowest BCUT2D eigenvalue weighted by molar-refractivity contribution is 0.0600. The van der Waals surface area contributed by atoms with Gasteiger partial charge in [0, 0.05) is 43.5 Å². The van der Waals surface area contributed by atoms with Gasteiger partial charge in [-0.2, -0.15) is 0 Å². The topological polar surface area (TPSA) is 42.0 Å². The van der Waals surface area contributed by atoms with Crippen LogP contribution in [0, 0.1) is 0 Å². The van der Waals surface area contributed by atoms with Crippen LogP contribution in [0.5, 0.6) is 11.5 Å². The summed E-state index contributed by atoms with van der Waals surface area (Å²) in [5, 5.41) is 0. The molecule has 0 saturated carbocycles. The minimum Gasteiger partial charge on any atom is -0.465 e. The highest BCUT2D eigenvalue weighted by molar-refractivity contribution is 5.90. The van der Waals surface area contributed by atoms with Gasteiger partial charge in [0.2, 0.25) is 0 Å². The van der Waals surface area contributed by atoms with Crippen LogP contribution in [0.25, 0.3) is 0 Å². The van der Waals surface area contributed by atoms with Crippen molar-refractivity contribution in [2.75, 3.05) is 31.6 Å². The molecule has 0 aromatic heterocycles. The second kappa shape index (κ2) is 9.05. The average Bonchev–Trinajstić information content (AvgIpc) is 2.85. The first-order valence-electron chi connectivity index (χ1n) is 11.2. The third-order valence-electron chi connectivity index (χ3n) is 6.46. The first-order chi connectivity index (χ1) is 15.7. The molecule has 3 aromatic carbocycles. The lowest BCUT2D eigenvalue weighted by atomic mass is 9.92. The van der Waals surface area contributed by atoms with Crippen LogP contribution in [0.2, 0.25) is 0 Å². The molecule has 2 aliphatic heterocycles. The molecule has 0 N–H and O–H groups in total. The van der Waals surface area contributed by atoms with Crippen molar-refractivity contribution < 1.29 is 14.3 Å². The van der Waals surface area contributed by atoms with Gasteiger partial charge in [-0.15, -0.1) is 0 Å². The smallest absolute Gasteiger partial charge is 0.337 e.